The molecule has 1 atom stereocenters. The van der Waals surface area contributed by atoms with Gasteiger partial charge in [-0.1, -0.05) is 0 Å². The molecular formula is C6H11NO4. The lowest BCUT2D eigenvalue weighted by molar-refractivity contribution is -0.155. The topological polar surface area (TPSA) is 75.6 Å². The van der Waals surface area contributed by atoms with Crippen LogP contribution in [0.15, 0.2) is 0 Å². The van der Waals surface area contributed by atoms with Crippen molar-refractivity contribution in [1.82, 2.24) is 5.32 Å². The lowest BCUT2D eigenvalue weighted by Gasteiger charge is -2.05. The van der Waals surface area contributed by atoms with Crippen molar-refractivity contribution >= 4 is 11.9 Å². The summed E-state index contributed by atoms with van der Waals surface area (Å²) in [5, 5.41) is 10.6. The molecule has 0 saturated carbocycles. The van der Waals surface area contributed by atoms with Crippen molar-refractivity contribution in [3.05, 3.63) is 0 Å². The lowest BCUT2D eigenvalue weighted by atomic mass is 10.5. The Bertz CT molecular complexity index is 155. The highest BCUT2D eigenvalue weighted by Gasteiger charge is 2.15. The molecule has 0 aromatic heterocycles. The number of aliphatic hydroxyl groups is 1. The Balaban J connectivity index is 3.74. The first-order valence-corrected chi connectivity index (χ1v) is 3.23. The fourth-order valence-electron chi connectivity index (χ4n) is 0.445. The van der Waals surface area contributed by atoms with Crippen LogP contribution >= 0.6 is 0 Å². The van der Waals surface area contributed by atoms with Crippen LogP contribution in [-0.2, 0) is 14.3 Å². The van der Waals surface area contributed by atoms with Crippen molar-refractivity contribution < 1.29 is 19.4 Å². The van der Waals surface area contributed by atoms with E-state index in [1.807, 2.05) is 5.32 Å². The molecule has 0 spiro atoms. The third kappa shape index (κ3) is 4.32. The SMILES string of the molecule is CCOC(=O)C(=O)NC(C)O. The largest absolute Gasteiger partial charge is 0.459 e. The molecule has 64 valence electrons. The molecule has 0 saturated heterocycles. The fourth-order valence-corrected chi connectivity index (χ4v) is 0.445. The standard InChI is InChI=1S/C6H11NO4/c1-3-11-6(10)5(9)7-4(2)8/h4,8H,3H2,1-2H3,(H,7,9). The first-order chi connectivity index (χ1) is 5.07. The van der Waals surface area contributed by atoms with E-state index >= 15 is 0 Å². The summed E-state index contributed by atoms with van der Waals surface area (Å²) in [6, 6.07) is 0. The summed E-state index contributed by atoms with van der Waals surface area (Å²) in [5.74, 6) is -1.91. The maximum Gasteiger partial charge on any atom is 0.396 e. The van der Waals surface area contributed by atoms with Crippen LogP contribution in [0.2, 0.25) is 0 Å². The second-order valence-electron chi connectivity index (χ2n) is 1.87. The van der Waals surface area contributed by atoms with Crippen LogP contribution in [0.25, 0.3) is 0 Å². The van der Waals surface area contributed by atoms with Gasteiger partial charge in [-0.25, -0.2) is 4.79 Å². The number of hydrogen-bond acceptors (Lipinski definition) is 4. The molecule has 0 aromatic carbocycles. The van der Waals surface area contributed by atoms with E-state index in [1.54, 1.807) is 6.92 Å². The summed E-state index contributed by atoms with van der Waals surface area (Å²) < 4.78 is 4.34. The zero-order valence-electron chi connectivity index (χ0n) is 6.46. The van der Waals surface area contributed by atoms with Crippen LogP contribution in [-0.4, -0.2) is 29.8 Å². The Hall–Kier alpha value is -1.10. The minimum absolute atomic E-state index is 0.145. The van der Waals surface area contributed by atoms with Crippen LogP contribution in [0, 0.1) is 0 Å². The molecule has 0 fully saturated rings. The number of nitrogens with one attached hydrogen (secondary N) is 1. The van der Waals surface area contributed by atoms with Gasteiger partial charge in [0.15, 0.2) is 0 Å². The second-order valence-corrected chi connectivity index (χ2v) is 1.87. The molecule has 0 radical (unpaired) electrons. The predicted molar refractivity (Wildman–Crippen MR) is 36.5 cm³/mol. The molecule has 5 nitrogen and oxygen atoms in total. The lowest BCUT2D eigenvalue weighted by Crippen LogP contribution is -2.38. The van der Waals surface area contributed by atoms with Gasteiger partial charge in [0.2, 0.25) is 0 Å². The zero-order chi connectivity index (χ0) is 8.85. The van der Waals surface area contributed by atoms with Crippen molar-refractivity contribution in [3.8, 4) is 0 Å². The number of carbonyl (C=O) groups excluding carboxylic acids is 2. The van der Waals surface area contributed by atoms with Gasteiger partial charge < -0.3 is 15.2 Å². The van der Waals surface area contributed by atoms with Gasteiger partial charge in [-0.3, -0.25) is 4.79 Å². The summed E-state index contributed by atoms with van der Waals surface area (Å²) >= 11 is 0. The molecule has 0 aliphatic heterocycles. The molecule has 0 aliphatic rings. The van der Waals surface area contributed by atoms with E-state index in [1.165, 1.54) is 6.92 Å². The third-order valence-electron chi connectivity index (χ3n) is 0.801. The molecular weight excluding hydrogens is 150 g/mol. The van der Waals surface area contributed by atoms with Crippen molar-refractivity contribution in [2.75, 3.05) is 6.61 Å². The molecule has 0 rings (SSSR count). The number of esters is 1. The van der Waals surface area contributed by atoms with E-state index in [0.717, 1.165) is 0 Å². The van der Waals surface area contributed by atoms with Gasteiger partial charge in [0.1, 0.15) is 6.23 Å². The number of hydrogen-bond donors (Lipinski definition) is 2. The molecule has 0 aromatic rings. The minimum atomic E-state index is -1.04. The first-order valence-electron chi connectivity index (χ1n) is 3.23. The van der Waals surface area contributed by atoms with Gasteiger partial charge in [0.25, 0.3) is 0 Å². The van der Waals surface area contributed by atoms with Gasteiger partial charge in [0.05, 0.1) is 6.61 Å². The Morgan fingerprint density at radius 2 is 2.18 bits per heavy atom. The Kier molecular flexibility index (Phi) is 4.21. The summed E-state index contributed by atoms with van der Waals surface area (Å²) in [6.07, 6.45) is -1.04. The van der Waals surface area contributed by atoms with Crippen LogP contribution < -0.4 is 5.32 Å². The number of carbonyl (C=O) groups is 2. The molecule has 11 heavy (non-hydrogen) atoms. The Morgan fingerprint density at radius 3 is 2.55 bits per heavy atom. The highest BCUT2D eigenvalue weighted by molar-refractivity contribution is 6.32. The summed E-state index contributed by atoms with van der Waals surface area (Å²) in [5.41, 5.74) is 0. The third-order valence-corrected chi connectivity index (χ3v) is 0.801. The van der Waals surface area contributed by atoms with Crippen molar-refractivity contribution in [3.63, 3.8) is 0 Å². The van der Waals surface area contributed by atoms with E-state index in [4.69, 9.17) is 5.11 Å². The molecule has 2 N–H and O–H groups in total. The molecule has 1 amide bonds. The monoisotopic (exact) mass is 161 g/mol. The van der Waals surface area contributed by atoms with E-state index in [-0.39, 0.29) is 6.61 Å². The maximum atomic E-state index is 10.6. The molecule has 5 heteroatoms. The highest BCUT2D eigenvalue weighted by atomic mass is 16.5. The molecule has 0 heterocycles. The average Bonchev–Trinajstić information content (AvgIpc) is 1.86. The van der Waals surface area contributed by atoms with Gasteiger partial charge in [-0.2, -0.15) is 0 Å². The van der Waals surface area contributed by atoms with Crippen LogP contribution in [0.3, 0.4) is 0 Å². The molecule has 0 aliphatic carbocycles. The zero-order valence-corrected chi connectivity index (χ0v) is 6.46. The van der Waals surface area contributed by atoms with Crippen LogP contribution in [0.1, 0.15) is 13.8 Å². The van der Waals surface area contributed by atoms with Crippen molar-refractivity contribution in [2.24, 2.45) is 0 Å². The predicted octanol–water partition coefficient (Wildman–Crippen LogP) is -0.996. The minimum Gasteiger partial charge on any atom is -0.459 e. The maximum absolute atomic E-state index is 10.6. The van der Waals surface area contributed by atoms with E-state index in [0.29, 0.717) is 0 Å². The second kappa shape index (κ2) is 4.68. The fraction of sp³-hybridized carbons (Fsp3) is 0.667. The van der Waals surface area contributed by atoms with Crippen molar-refractivity contribution in [1.29, 1.82) is 0 Å². The highest BCUT2D eigenvalue weighted by Crippen LogP contribution is 1.79. The van der Waals surface area contributed by atoms with E-state index in [2.05, 4.69) is 4.74 Å². The summed E-state index contributed by atoms with van der Waals surface area (Å²) in [6.45, 7) is 3.07. The normalized spacial score (nSPS) is 11.9. The Morgan fingerprint density at radius 1 is 1.64 bits per heavy atom. The average molecular weight is 161 g/mol. The number of rotatable bonds is 2. The number of ether oxygens (including phenoxy) is 1. The van der Waals surface area contributed by atoms with E-state index < -0.39 is 18.1 Å². The smallest absolute Gasteiger partial charge is 0.396 e. The van der Waals surface area contributed by atoms with Gasteiger partial charge in [0, 0.05) is 0 Å². The van der Waals surface area contributed by atoms with Gasteiger partial charge >= 0.3 is 11.9 Å². The summed E-state index contributed by atoms with van der Waals surface area (Å²) in [4.78, 5) is 21.1. The number of aliphatic hydroxyl groups excluding tert-OH is 1. The Labute approximate surface area is 64.3 Å². The van der Waals surface area contributed by atoms with Gasteiger partial charge in [-0.15, -0.1) is 0 Å². The van der Waals surface area contributed by atoms with Gasteiger partial charge in [-0.05, 0) is 13.8 Å². The van der Waals surface area contributed by atoms with Crippen LogP contribution in [0.5, 0.6) is 0 Å². The summed E-state index contributed by atoms with van der Waals surface area (Å²) in [7, 11) is 0. The first kappa shape index (κ1) is 9.90. The van der Waals surface area contributed by atoms with E-state index in [9.17, 15) is 9.59 Å². The van der Waals surface area contributed by atoms with Crippen molar-refractivity contribution in [2.45, 2.75) is 20.1 Å². The number of amides is 1. The molecule has 1 unspecified atom stereocenters. The quantitative estimate of drug-likeness (QED) is 0.309. The van der Waals surface area contributed by atoms with Crippen LogP contribution in [0.4, 0.5) is 0 Å². The molecule has 0 bridgehead atoms.